The summed E-state index contributed by atoms with van der Waals surface area (Å²) in [5.41, 5.74) is 0.0152. The van der Waals surface area contributed by atoms with Gasteiger partial charge in [0.1, 0.15) is 17.3 Å². The summed E-state index contributed by atoms with van der Waals surface area (Å²) in [6.07, 6.45) is 1.19. The Bertz CT molecular complexity index is 516. The Morgan fingerprint density at radius 3 is 2.53 bits per heavy atom. The zero-order valence-electron chi connectivity index (χ0n) is 10.0. The first-order valence-electron chi connectivity index (χ1n) is 5.28. The molecule has 0 unspecified atom stereocenters. The van der Waals surface area contributed by atoms with Crippen LogP contribution >= 0.6 is 0 Å². The van der Waals surface area contributed by atoms with Gasteiger partial charge in [0.15, 0.2) is 9.84 Å². The number of hydrogen-bond acceptors (Lipinski definition) is 4. The molecule has 1 N–H and O–H groups in total. The summed E-state index contributed by atoms with van der Waals surface area (Å²) in [4.78, 5) is 14.8. The van der Waals surface area contributed by atoms with E-state index in [9.17, 15) is 13.2 Å². The lowest BCUT2D eigenvalue weighted by Crippen LogP contribution is -2.19. The standard InChI is InChI=1S/C10H16N2O4S/c1-4-12-8(10(13)14)5-11-9(12)6-17(15,16)7(2)3/h5,7H,4,6H2,1-3H3,(H,13,14). The Hall–Kier alpha value is -1.37. The van der Waals surface area contributed by atoms with Gasteiger partial charge in [0.25, 0.3) is 0 Å². The summed E-state index contributed by atoms with van der Waals surface area (Å²) in [5.74, 6) is -1.06. The molecule has 0 aromatic carbocycles. The average molecular weight is 260 g/mol. The number of imidazole rings is 1. The van der Waals surface area contributed by atoms with Crippen molar-refractivity contribution in [3.63, 3.8) is 0 Å². The highest BCUT2D eigenvalue weighted by Crippen LogP contribution is 2.12. The Morgan fingerprint density at radius 1 is 1.53 bits per heavy atom. The zero-order valence-corrected chi connectivity index (χ0v) is 10.9. The van der Waals surface area contributed by atoms with E-state index in [4.69, 9.17) is 5.11 Å². The van der Waals surface area contributed by atoms with Gasteiger partial charge in [-0.05, 0) is 20.8 Å². The monoisotopic (exact) mass is 260 g/mol. The van der Waals surface area contributed by atoms with E-state index < -0.39 is 21.1 Å². The van der Waals surface area contributed by atoms with Gasteiger partial charge in [-0.1, -0.05) is 0 Å². The summed E-state index contributed by atoms with van der Waals surface area (Å²) in [6, 6.07) is 0. The highest BCUT2D eigenvalue weighted by molar-refractivity contribution is 7.91. The largest absolute Gasteiger partial charge is 0.477 e. The molecule has 0 bridgehead atoms. The lowest BCUT2D eigenvalue weighted by atomic mass is 10.4. The van der Waals surface area contributed by atoms with Gasteiger partial charge in [0.2, 0.25) is 0 Å². The molecule has 0 fully saturated rings. The van der Waals surface area contributed by atoms with Crippen LogP contribution < -0.4 is 0 Å². The molecule has 1 aromatic heterocycles. The van der Waals surface area contributed by atoms with Crippen molar-refractivity contribution in [2.75, 3.05) is 0 Å². The molecule has 96 valence electrons. The second-order valence-electron chi connectivity index (χ2n) is 3.97. The summed E-state index contributed by atoms with van der Waals surface area (Å²) < 4.78 is 24.9. The van der Waals surface area contributed by atoms with E-state index in [1.54, 1.807) is 20.8 Å². The summed E-state index contributed by atoms with van der Waals surface area (Å²) in [6.45, 7) is 5.31. The van der Waals surface area contributed by atoms with Gasteiger partial charge < -0.3 is 9.67 Å². The van der Waals surface area contributed by atoms with Gasteiger partial charge >= 0.3 is 5.97 Å². The minimum atomic E-state index is -3.27. The fourth-order valence-electron chi connectivity index (χ4n) is 1.40. The maximum Gasteiger partial charge on any atom is 0.354 e. The molecule has 0 aliphatic heterocycles. The van der Waals surface area contributed by atoms with Gasteiger partial charge in [-0.15, -0.1) is 0 Å². The third-order valence-electron chi connectivity index (χ3n) is 2.52. The lowest BCUT2D eigenvalue weighted by Gasteiger charge is -2.09. The van der Waals surface area contributed by atoms with Crippen LogP contribution in [0.15, 0.2) is 6.20 Å². The number of carboxylic acid groups (broad SMARTS) is 1. The van der Waals surface area contributed by atoms with Crippen molar-refractivity contribution < 1.29 is 18.3 Å². The number of aromatic nitrogens is 2. The zero-order chi connectivity index (χ0) is 13.2. The van der Waals surface area contributed by atoms with E-state index in [1.165, 1.54) is 10.8 Å². The van der Waals surface area contributed by atoms with Gasteiger partial charge in [-0.2, -0.15) is 0 Å². The molecule has 0 saturated carbocycles. The second kappa shape index (κ2) is 4.87. The minimum Gasteiger partial charge on any atom is -0.477 e. The molecule has 1 aromatic rings. The minimum absolute atomic E-state index is 0.0152. The predicted octanol–water partition coefficient (Wildman–Crippen LogP) is 0.924. The predicted molar refractivity (Wildman–Crippen MR) is 62.6 cm³/mol. The Kier molecular flexibility index (Phi) is 3.92. The first-order valence-corrected chi connectivity index (χ1v) is 7.00. The molecule has 17 heavy (non-hydrogen) atoms. The maximum absolute atomic E-state index is 11.7. The van der Waals surface area contributed by atoms with Gasteiger partial charge in [0.05, 0.1) is 11.4 Å². The van der Waals surface area contributed by atoms with Gasteiger partial charge in [0, 0.05) is 6.54 Å². The summed E-state index contributed by atoms with van der Waals surface area (Å²) in [5, 5.41) is 8.41. The van der Waals surface area contributed by atoms with E-state index in [1.807, 2.05) is 0 Å². The molecule has 0 spiro atoms. The highest BCUT2D eigenvalue weighted by atomic mass is 32.2. The molecular formula is C10H16N2O4S. The molecular weight excluding hydrogens is 244 g/mol. The second-order valence-corrected chi connectivity index (χ2v) is 6.52. The number of carbonyl (C=O) groups is 1. The molecule has 0 aliphatic rings. The van der Waals surface area contributed by atoms with Crippen molar-refractivity contribution in [2.24, 2.45) is 0 Å². The van der Waals surface area contributed by atoms with E-state index in [2.05, 4.69) is 4.98 Å². The number of rotatable bonds is 5. The first-order chi connectivity index (χ1) is 7.79. The molecule has 6 nitrogen and oxygen atoms in total. The lowest BCUT2D eigenvalue weighted by molar-refractivity contribution is 0.0685. The van der Waals surface area contributed by atoms with Crippen LogP contribution in [0.1, 0.15) is 37.1 Å². The normalized spacial score (nSPS) is 12.0. The third kappa shape index (κ3) is 2.85. The van der Waals surface area contributed by atoms with Crippen LogP contribution in [0.2, 0.25) is 0 Å². The van der Waals surface area contributed by atoms with E-state index in [0.717, 1.165) is 0 Å². The Labute approximate surface area is 100 Å². The van der Waals surface area contributed by atoms with Crippen molar-refractivity contribution in [3.8, 4) is 0 Å². The van der Waals surface area contributed by atoms with Crippen molar-refractivity contribution >= 4 is 15.8 Å². The number of nitrogens with zero attached hydrogens (tertiary/aromatic N) is 2. The number of sulfone groups is 1. The molecule has 0 aliphatic carbocycles. The molecule has 1 rings (SSSR count). The third-order valence-corrected chi connectivity index (χ3v) is 4.62. The Morgan fingerprint density at radius 2 is 2.12 bits per heavy atom. The van der Waals surface area contributed by atoms with Crippen LogP contribution in [0.4, 0.5) is 0 Å². The Balaban J connectivity index is 3.13. The molecule has 0 amide bonds. The van der Waals surface area contributed by atoms with E-state index in [-0.39, 0.29) is 17.3 Å². The summed E-state index contributed by atoms with van der Waals surface area (Å²) >= 11 is 0. The fraction of sp³-hybridized carbons (Fsp3) is 0.600. The van der Waals surface area contributed by atoms with Crippen molar-refractivity contribution in [1.82, 2.24) is 9.55 Å². The number of aromatic carboxylic acids is 1. The quantitative estimate of drug-likeness (QED) is 0.850. The SMILES string of the molecule is CCn1c(C(=O)O)cnc1CS(=O)(=O)C(C)C. The van der Waals surface area contributed by atoms with Gasteiger partial charge in [-0.25, -0.2) is 18.2 Å². The molecule has 0 radical (unpaired) electrons. The smallest absolute Gasteiger partial charge is 0.354 e. The van der Waals surface area contributed by atoms with Crippen molar-refractivity contribution in [3.05, 3.63) is 17.7 Å². The van der Waals surface area contributed by atoms with Gasteiger partial charge in [-0.3, -0.25) is 0 Å². The van der Waals surface area contributed by atoms with E-state index >= 15 is 0 Å². The average Bonchev–Trinajstić information content (AvgIpc) is 2.59. The molecule has 1 heterocycles. The molecule has 7 heteroatoms. The van der Waals surface area contributed by atoms with Crippen LogP contribution in [-0.2, 0) is 22.1 Å². The van der Waals surface area contributed by atoms with Crippen LogP contribution in [-0.4, -0.2) is 34.3 Å². The number of carboxylic acids is 1. The molecule has 0 saturated heterocycles. The van der Waals surface area contributed by atoms with Crippen molar-refractivity contribution in [1.29, 1.82) is 0 Å². The topological polar surface area (TPSA) is 89.3 Å². The summed E-state index contributed by atoms with van der Waals surface area (Å²) in [7, 11) is -3.27. The highest BCUT2D eigenvalue weighted by Gasteiger charge is 2.22. The van der Waals surface area contributed by atoms with E-state index in [0.29, 0.717) is 6.54 Å². The fourth-order valence-corrected chi connectivity index (χ4v) is 2.32. The molecule has 0 atom stereocenters. The van der Waals surface area contributed by atoms with Crippen LogP contribution in [0.25, 0.3) is 0 Å². The van der Waals surface area contributed by atoms with Crippen LogP contribution in [0.3, 0.4) is 0 Å². The maximum atomic E-state index is 11.7. The van der Waals surface area contributed by atoms with Crippen molar-refractivity contribution in [2.45, 2.75) is 38.3 Å². The number of hydrogen-bond donors (Lipinski definition) is 1. The van der Waals surface area contributed by atoms with Crippen LogP contribution in [0, 0.1) is 0 Å². The first kappa shape index (κ1) is 13.7. The van der Waals surface area contributed by atoms with Crippen LogP contribution in [0.5, 0.6) is 0 Å².